The second-order valence-electron chi connectivity index (χ2n) is 6.29. The summed E-state index contributed by atoms with van der Waals surface area (Å²) < 4.78 is 24.0. The normalized spacial score (nSPS) is 10.7. The van der Waals surface area contributed by atoms with Gasteiger partial charge >= 0.3 is 0 Å². The summed E-state index contributed by atoms with van der Waals surface area (Å²) in [4.78, 5) is 0. The van der Waals surface area contributed by atoms with Crippen LogP contribution < -0.4 is 15.1 Å². The molecule has 4 nitrogen and oxygen atoms in total. The van der Waals surface area contributed by atoms with E-state index in [0.717, 1.165) is 6.54 Å². The standard InChI is InChI=1S/C18H39N.ClHO3/c1-2-3-4-5-6-7-8-9-10-11-12-13-14-15-16-17-18-19;2-1(3)4/h2-19H2,1H3;2H. The third kappa shape index (κ3) is 34.5. The topological polar surface area (TPSA) is 92.4 Å². The molecular weight excluding hydrogens is 314 g/mol. The van der Waals surface area contributed by atoms with Gasteiger partial charge < -0.3 is 15.1 Å². The smallest absolute Gasteiger partial charge is 0.282 e. The summed E-state index contributed by atoms with van der Waals surface area (Å²) in [5.41, 5.74) is 5.48. The molecule has 0 radical (unpaired) electrons. The van der Waals surface area contributed by atoms with Crippen molar-refractivity contribution in [2.45, 2.75) is 110 Å². The van der Waals surface area contributed by atoms with Crippen LogP contribution in [0.15, 0.2) is 0 Å². The molecule has 0 aliphatic rings. The molecule has 0 aromatic heterocycles. The molecule has 5 heteroatoms. The molecule has 23 heavy (non-hydrogen) atoms. The van der Waals surface area contributed by atoms with E-state index in [2.05, 4.69) is 6.92 Å². The highest BCUT2D eigenvalue weighted by Gasteiger charge is 1.94. The molecular formula is C18H40ClNO3. The minimum absolute atomic E-state index is 0.873. The van der Waals surface area contributed by atoms with Crippen molar-refractivity contribution in [3.05, 3.63) is 0 Å². The van der Waals surface area contributed by atoms with Crippen molar-refractivity contribution in [2.24, 2.45) is 5.73 Å². The van der Waals surface area contributed by atoms with Crippen LogP contribution in [0.2, 0.25) is 0 Å². The summed E-state index contributed by atoms with van der Waals surface area (Å²) in [5, 5.41) is 0. The molecule has 0 amide bonds. The van der Waals surface area contributed by atoms with E-state index in [4.69, 9.17) is 19.7 Å². The number of hydrogen-bond acceptors (Lipinski definition) is 4. The number of halogens is 1. The minimum Gasteiger partial charge on any atom is -0.330 e. The van der Waals surface area contributed by atoms with E-state index in [-0.39, 0.29) is 0 Å². The van der Waals surface area contributed by atoms with Crippen LogP contribution >= 0.6 is 0 Å². The molecule has 0 atom stereocenters. The molecule has 0 spiro atoms. The zero-order valence-electron chi connectivity index (χ0n) is 15.2. The fourth-order valence-electron chi connectivity index (χ4n) is 2.69. The maximum atomic E-state index is 8.52. The Morgan fingerprint density at radius 2 is 0.826 bits per heavy atom. The molecule has 0 unspecified atom stereocenters. The molecule has 0 aromatic rings. The molecule has 142 valence electrons. The predicted molar refractivity (Wildman–Crippen MR) is 90.8 cm³/mol. The molecule has 0 rings (SSSR count). The maximum absolute atomic E-state index is 8.52. The SMILES string of the molecule is CCCCCCCCCCCCCCCCCCN.[O-][Cl+2]([O-])O. The Kier molecular flexibility index (Phi) is 26.9. The average molecular weight is 354 g/mol. The lowest BCUT2D eigenvalue weighted by Gasteiger charge is -2.03. The second-order valence-corrected chi connectivity index (χ2v) is 6.69. The van der Waals surface area contributed by atoms with Crippen LogP contribution in [-0.4, -0.2) is 11.2 Å². The Balaban J connectivity index is 0. The van der Waals surface area contributed by atoms with Gasteiger partial charge in [-0.15, -0.1) is 0 Å². The van der Waals surface area contributed by atoms with Crippen molar-refractivity contribution in [3.63, 3.8) is 0 Å². The van der Waals surface area contributed by atoms with Gasteiger partial charge in [-0.3, -0.25) is 0 Å². The summed E-state index contributed by atoms with van der Waals surface area (Å²) >= 11 is 0. The van der Waals surface area contributed by atoms with Crippen LogP contribution in [0.1, 0.15) is 110 Å². The molecule has 0 fully saturated rings. The Hall–Kier alpha value is 0.130. The Morgan fingerprint density at radius 1 is 0.609 bits per heavy atom. The van der Waals surface area contributed by atoms with E-state index in [1.807, 2.05) is 0 Å². The van der Waals surface area contributed by atoms with E-state index in [1.54, 1.807) is 0 Å². The lowest BCUT2D eigenvalue weighted by molar-refractivity contribution is -1.63. The number of unbranched alkanes of at least 4 members (excludes halogenated alkanes) is 15. The van der Waals surface area contributed by atoms with Crippen LogP contribution in [0.4, 0.5) is 0 Å². The number of nitrogens with two attached hydrogens (primary N) is 1. The van der Waals surface area contributed by atoms with E-state index < -0.39 is 10.8 Å². The zero-order chi connectivity index (χ0) is 17.6. The number of rotatable bonds is 16. The summed E-state index contributed by atoms with van der Waals surface area (Å²) in [6, 6.07) is 0. The van der Waals surface area contributed by atoms with Gasteiger partial charge in [0.15, 0.2) is 0 Å². The third-order valence-corrected chi connectivity index (χ3v) is 4.06. The fraction of sp³-hybridized carbons (Fsp3) is 1.00. The summed E-state index contributed by atoms with van der Waals surface area (Å²) in [5.74, 6) is 0. The minimum atomic E-state index is -2.60. The van der Waals surface area contributed by atoms with Gasteiger partial charge in [-0.1, -0.05) is 103 Å². The maximum Gasteiger partial charge on any atom is 0.282 e. The van der Waals surface area contributed by atoms with Crippen LogP contribution in [-0.2, 0) is 0 Å². The van der Waals surface area contributed by atoms with Gasteiger partial charge in [0.2, 0.25) is 0 Å². The Bertz CT molecular complexity index is 176. The highest BCUT2D eigenvalue weighted by Crippen LogP contribution is 2.13. The highest BCUT2D eigenvalue weighted by atomic mass is 35.6. The van der Waals surface area contributed by atoms with Crippen molar-refractivity contribution in [2.75, 3.05) is 6.54 Å². The molecule has 0 saturated carbocycles. The van der Waals surface area contributed by atoms with Crippen molar-refractivity contribution < 1.29 is 24.8 Å². The highest BCUT2D eigenvalue weighted by molar-refractivity contribution is 4.49. The van der Waals surface area contributed by atoms with Crippen molar-refractivity contribution >= 4 is 0 Å². The van der Waals surface area contributed by atoms with E-state index in [9.17, 15) is 0 Å². The van der Waals surface area contributed by atoms with Crippen molar-refractivity contribution in [3.8, 4) is 0 Å². The van der Waals surface area contributed by atoms with Gasteiger partial charge in [0.25, 0.3) is 10.8 Å². The molecule has 0 saturated heterocycles. The Labute approximate surface area is 147 Å². The second kappa shape index (κ2) is 24.4. The van der Waals surface area contributed by atoms with E-state index >= 15 is 0 Å². The molecule has 0 bridgehead atoms. The van der Waals surface area contributed by atoms with E-state index in [1.165, 1.54) is 103 Å². The van der Waals surface area contributed by atoms with Gasteiger partial charge in [0.05, 0.1) is 0 Å². The predicted octanol–water partition coefficient (Wildman–Crippen LogP) is 3.27. The molecule has 0 aromatic carbocycles. The molecule has 3 N–H and O–H groups in total. The average Bonchev–Trinajstić information content (AvgIpc) is 2.50. The summed E-state index contributed by atoms with van der Waals surface area (Å²) in [6.45, 7) is 3.16. The first-order valence-electron chi connectivity index (χ1n) is 9.59. The lowest BCUT2D eigenvalue weighted by Crippen LogP contribution is -2.30. The van der Waals surface area contributed by atoms with Gasteiger partial charge in [-0.2, -0.15) is 0 Å². The van der Waals surface area contributed by atoms with Gasteiger partial charge in [0, 0.05) is 4.66 Å². The van der Waals surface area contributed by atoms with Crippen LogP contribution in [0.5, 0.6) is 0 Å². The third-order valence-electron chi connectivity index (χ3n) is 4.06. The summed E-state index contributed by atoms with van der Waals surface area (Å²) in [6.07, 6.45) is 22.9. The van der Waals surface area contributed by atoms with Crippen LogP contribution in [0.3, 0.4) is 0 Å². The van der Waals surface area contributed by atoms with E-state index in [0.29, 0.717) is 0 Å². The van der Waals surface area contributed by atoms with Crippen LogP contribution in [0, 0.1) is 10.8 Å². The van der Waals surface area contributed by atoms with Crippen LogP contribution in [0.25, 0.3) is 0 Å². The first-order chi connectivity index (χ1) is 11.1. The quantitative estimate of drug-likeness (QED) is 0.416. The lowest BCUT2D eigenvalue weighted by atomic mass is 10.0. The van der Waals surface area contributed by atoms with Crippen molar-refractivity contribution in [1.82, 2.24) is 0 Å². The molecule has 0 heterocycles. The number of hydrogen-bond donors (Lipinski definition) is 2. The summed E-state index contributed by atoms with van der Waals surface area (Å²) in [7, 11) is -2.60. The largest absolute Gasteiger partial charge is 0.330 e. The first-order valence-corrected chi connectivity index (χ1v) is 10.5. The zero-order valence-corrected chi connectivity index (χ0v) is 16.0. The monoisotopic (exact) mass is 353 g/mol. The van der Waals surface area contributed by atoms with Gasteiger partial charge in [0.1, 0.15) is 0 Å². The van der Waals surface area contributed by atoms with Crippen molar-refractivity contribution in [1.29, 1.82) is 0 Å². The molecule has 0 aliphatic heterocycles. The van der Waals surface area contributed by atoms with Gasteiger partial charge in [-0.05, 0) is 13.0 Å². The molecule has 0 aliphatic carbocycles. The van der Waals surface area contributed by atoms with Gasteiger partial charge in [-0.25, -0.2) is 0 Å². The fourth-order valence-corrected chi connectivity index (χ4v) is 2.69. The first kappa shape index (κ1) is 25.4. The Morgan fingerprint density at radius 3 is 1.04 bits per heavy atom.